The van der Waals surface area contributed by atoms with Gasteiger partial charge in [0, 0.05) is 47.2 Å². The molecule has 2 aromatic carbocycles. The Morgan fingerprint density at radius 3 is 2.57 bits per heavy atom. The number of ether oxygens (including phenoxy) is 3. The van der Waals surface area contributed by atoms with Crippen molar-refractivity contribution in [2.24, 2.45) is 17.8 Å². The summed E-state index contributed by atoms with van der Waals surface area (Å²) < 4.78 is 18.5. The molecule has 4 aliphatic rings. The van der Waals surface area contributed by atoms with Crippen LogP contribution in [0.5, 0.6) is 11.5 Å². The van der Waals surface area contributed by atoms with Gasteiger partial charge in [0.1, 0.15) is 22.6 Å². The summed E-state index contributed by atoms with van der Waals surface area (Å²) in [6.45, 7) is 12.6. The Bertz CT molecular complexity index is 1840. The molecular formula is C44H56ClN3O6. The van der Waals surface area contributed by atoms with Crippen molar-refractivity contribution < 1.29 is 28.9 Å². The number of aliphatic carboxylic acids is 1. The third-order valence-corrected chi connectivity index (χ3v) is 12.6. The minimum atomic E-state index is -1.09. The molecule has 1 aromatic heterocycles. The van der Waals surface area contributed by atoms with Gasteiger partial charge in [0.15, 0.2) is 0 Å². The molecule has 0 bridgehead atoms. The van der Waals surface area contributed by atoms with Crippen molar-refractivity contribution in [1.29, 1.82) is 0 Å². The van der Waals surface area contributed by atoms with E-state index in [1.807, 2.05) is 45.2 Å². The first-order valence-corrected chi connectivity index (χ1v) is 20.2. The maximum Gasteiger partial charge on any atom is 0.410 e. The highest BCUT2D eigenvalue weighted by molar-refractivity contribution is 6.30. The molecule has 0 radical (unpaired) electrons. The topological polar surface area (TPSA) is 110 Å². The van der Waals surface area contributed by atoms with Crippen molar-refractivity contribution in [2.45, 2.75) is 115 Å². The minimum absolute atomic E-state index is 0.188. The number of aromatic nitrogens is 1. The van der Waals surface area contributed by atoms with Gasteiger partial charge in [0.2, 0.25) is 0 Å². The fraction of sp³-hybridized carbons (Fsp3) is 0.568. The number of pyridine rings is 1. The van der Waals surface area contributed by atoms with Crippen molar-refractivity contribution in [3.05, 3.63) is 82.1 Å². The fourth-order valence-corrected chi connectivity index (χ4v) is 9.72. The summed E-state index contributed by atoms with van der Waals surface area (Å²) in [5.74, 6) is 2.28. The number of aryl methyl sites for hydroxylation is 1. The molecule has 1 saturated carbocycles. The summed E-state index contributed by atoms with van der Waals surface area (Å²) in [5, 5.41) is 14.6. The van der Waals surface area contributed by atoms with Crippen LogP contribution in [-0.4, -0.2) is 64.5 Å². The predicted octanol–water partition coefficient (Wildman–Crippen LogP) is 9.45. The van der Waals surface area contributed by atoms with Crippen LogP contribution >= 0.6 is 11.6 Å². The van der Waals surface area contributed by atoms with Gasteiger partial charge in [0.05, 0.1) is 13.2 Å². The second-order valence-corrected chi connectivity index (χ2v) is 18.0. The number of amides is 1. The van der Waals surface area contributed by atoms with Gasteiger partial charge in [-0.15, -0.1) is 0 Å². The van der Waals surface area contributed by atoms with Crippen LogP contribution in [0.15, 0.2) is 54.7 Å². The average molecular weight is 758 g/mol. The lowest BCUT2D eigenvalue weighted by Crippen LogP contribution is -2.53. The lowest BCUT2D eigenvalue weighted by atomic mass is 9.59. The van der Waals surface area contributed by atoms with E-state index in [1.54, 1.807) is 17.0 Å². The largest absolute Gasteiger partial charge is 0.493 e. The molecule has 7 rings (SSSR count). The molecular weight excluding hydrogens is 702 g/mol. The summed E-state index contributed by atoms with van der Waals surface area (Å²) in [6, 6.07) is 15.9. The van der Waals surface area contributed by atoms with Crippen LogP contribution in [0.2, 0.25) is 5.02 Å². The van der Waals surface area contributed by atoms with Gasteiger partial charge < -0.3 is 29.5 Å². The third-order valence-electron chi connectivity index (χ3n) is 12.4. The van der Waals surface area contributed by atoms with Gasteiger partial charge >= 0.3 is 12.1 Å². The molecule has 1 saturated heterocycles. The zero-order valence-corrected chi connectivity index (χ0v) is 33.2. The molecule has 1 unspecified atom stereocenters. The van der Waals surface area contributed by atoms with Crippen LogP contribution in [-0.2, 0) is 27.8 Å². The van der Waals surface area contributed by atoms with E-state index < -0.39 is 17.1 Å². The molecule has 290 valence electrons. The van der Waals surface area contributed by atoms with Crippen LogP contribution in [0.4, 0.5) is 10.5 Å². The Hall–Kier alpha value is -3.98. The normalized spacial score (nSPS) is 25.6. The summed E-state index contributed by atoms with van der Waals surface area (Å²) in [6.07, 6.45) is 9.32. The first-order chi connectivity index (χ1) is 25.7. The van der Waals surface area contributed by atoms with Gasteiger partial charge in [-0.05, 0) is 149 Å². The number of carbonyl (C=O) groups is 2. The highest BCUT2D eigenvalue weighted by Crippen LogP contribution is 2.57. The maximum atomic E-state index is 13.0. The molecule has 2 heterocycles. The predicted molar refractivity (Wildman–Crippen MR) is 211 cm³/mol. The van der Waals surface area contributed by atoms with Crippen molar-refractivity contribution >= 4 is 29.4 Å². The number of likely N-dealkylation sites (tertiary alicyclic amines) is 1. The molecule has 2 fully saturated rings. The van der Waals surface area contributed by atoms with E-state index in [0.29, 0.717) is 61.9 Å². The van der Waals surface area contributed by atoms with E-state index in [1.165, 1.54) is 28.8 Å². The number of nitrogens with one attached hydrogen (secondary N) is 1. The number of nitrogens with zero attached hydrogens (tertiary/aromatic N) is 2. The summed E-state index contributed by atoms with van der Waals surface area (Å²) in [7, 11) is 0. The number of anilines is 1. The lowest BCUT2D eigenvalue weighted by Gasteiger charge is -2.47. The zero-order valence-electron chi connectivity index (χ0n) is 32.5. The first-order valence-electron chi connectivity index (χ1n) is 19.9. The molecule has 1 spiro atoms. The van der Waals surface area contributed by atoms with Crippen LogP contribution in [0.1, 0.15) is 108 Å². The van der Waals surface area contributed by atoms with Gasteiger partial charge in [-0.25, -0.2) is 9.59 Å². The van der Waals surface area contributed by atoms with Gasteiger partial charge in [-0.3, -0.25) is 4.98 Å². The van der Waals surface area contributed by atoms with E-state index in [2.05, 4.69) is 42.3 Å². The van der Waals surface area contributed by atoms with Gasteiger partial charge in [-0.1, -0.05) is 37.6 Å². The number of carbonyl (C=O) groups excluding carboxylic acids is 1. The van der Waals surface area contributed by atoms with Crippen molar-refractivity contribution in [3.8, 4) is 11.5 Å². The Morgan fingerprint density at radius 2 is 1.85 bits per heavy atom. The number of rotatable bonds is 11. The Kier molecular flexibility index (Phi) is 10.8. The quantitative estimate of drug-likeness (QED) is 0.199. The lowest BCUT2D eigenvalue weighted by molar-refractivity contribution is -0.144. The van der Waals surface area contributed by atoms with Crippen LogP contribution in [0.3, 0.4) is 0 Å². The first kappa shape index (κ1) is 38.3. The second-order valence-electron chi connectivity index (χ2n) is 17.6. The van der Waals surface area contributed by atoms with Crippen molar-refractivity contribution in [1.82, 2.24) is 9.88 Å². The van der Waals surface area contributed by atoms with Crippen LogP contribution < -0.4 is 14.8 Å². The van der Waals surface area contributed by atoms with E-state index >= 15 is 0 Å². The van der Waals surface area contributed by atoms with Crippen LogP contribution in [0, 0.1) is 17.8 Å². The SMILES string of the molecule is C[C@@H](COc1ccnc2c1[C@H](C)CCC2)CC1Cc2ccc(OCC3CN(C(=O)OC(C)(C)C)C3)cc2C12CCC(Nc1cccc(Cl)c1)(C(=O)O)CC2. The number of fused-ring (bicyclic) bond motifs is 3. The third kappa shape index (κ3) is 8.02. The van der Waals surface area contributed by atoms with E-state index in [-0.39, 0.29) is 17.4 Å². The molecule has 3 aromatic rings. The Morgan fingerprint density at radius 1 is 1.07 bits per heavy atom. The smallest absolute Gasteiger partial charge is 0.410 e. The number of hydrogen-bond donors (Lipinski definition) is 2. The summed E-state index contributed by atoms with van der Waals surface area (Å²) >= 11 is 6.30. The molecule has 1 aliphatic heterocycles. The molecule has 2 N–H and O–H groups in total. The highest BCUT2D eigenvalue weighted by atomic mass is 35.5. The maximum absolute atomic E-state index is 13.0. The van der Waals surface area contributed by atoms with Crippen LogP contribution in [0.25, 0.3) is 0 Å². The molecule has 9 nitrogen and oxygen atoms in total. The number of halogens is 1. The molecule has 3 atom stereocenters. The Labute approximate surface area is 325 Å². The Balaban J connectivity index is 1.08. The molecule has 1 amide bonds. The van der Waals surface area contributed by atoms with E-state index in [4.69, 9.17) is 25.8 Å². The molecule has 10 heteroatoms. The molecule has 3 aliphatic carbocycles. The zero-order chi connectivity index (χ0) is 38.3. The summed E-state index contributed by atoms with van der Waals surface area (Å²) in [5.41, 5.74) is 3.99. The monoisotopic (exact) mass is 757 g/mol. The van der Waals surface area contributed by atoms with Crippen molar-refractivity contribution in [2.75, 3.05) is 31.6 Å². The van der Waals surface area contributed by atoms with E-state index in [0.717, 1.165) is 55.7 Å². The number of benzene rings is 2. The number of carboxylic acids is 1. The minimum Gasteiger partial charge on any atom is -0.493 e. The fourth-order valence-electron chi connectivity index (χ4n) is 9.53. The number of carboxylic acid groups (broad SMARTS) is 1. The number of hydrogen-bond acceptors (Lipinski definition) is 7. The summed E-state index contributed by atoms with van der Waals surface area (Å²) in [4.78, 5) is 31.9. The highest BCUT2D eigenvalue weighted by Gasteiger charge is 2.54. The van der Waals surface area contributed by atoms with E-state index in [9.17, 15) is 14.7 Å². The second kappa shape index (κ2) is 15.3. The van der Waals surface area contributed by atoms with Gasteiger partial charge in [0.25, 0.3) is 0 Å². The standard InChI is InChI=1S/C44H56ClN3O6/c1-28(26-53-38-14-19-46-37-11-6-8-29(2)39(37)38)20-32-21-31-12-13-35(52-27-30-24-48(25-30)41(51)54-42(3,4)5)23-36(31)43(32)15-17-44(18-16-43,40(49)50)47-34-10-7-9-33(45)22-34/h7,9-10,12-14,19,22-23,28-30,32,47H,6,8,11,15-18,20-21,24-27H2,1-5H3,(H,49,50)/t28-,29-,32?,43?,44?/m1/s1. The van der Waals surface area contributed by atoms with Crippen molar-refractivity contribution in [3.63, 3.8) is 0 Å². The average Bonchev–Trinajstić information content (AvgIpc) is 3.38. The molecule has 54 heavy (non-hydrogen) atoms. The van der Waals surface area contributed by atoms with Gasteiger partial charge in [-0.2, -0.15) is 0 Å².